The summed E-state index contributed by atoms with van der Waals surface area (Å²) < 4.78 is 38.5. The van der Waals surface area contributed by atoms with E-state index in [9.17, 15) is 19.9 Å². The number of ether oxygens (including phenoxy) is 1. The lowest BCUT2D eigenvalue weighted by Crippen LogP contribution is -2.57. The molecule has 8 rings (SSSR count). The third kappa shape index (κ3) is 4.50. The lowest BCUT2D eigenvalue weighted by molar-refractivity contribution is 0.111. The maximum Gasteiger partial charge on any atom is 0.234 e. The summed E-state index contributed by atoms with van der Waals surface area (Å²) in [4.78, 5) is 9.17. The van der Waals surface area contributed by atoms with Crippen molar-refractivity contribution in [2.24, 2.45) is 0 Å². The molecule has 0 aliphatic carbocycles. The highest BCUT2D eigenvalue weighted by Gasteiger charge is 2.46. The Balaban J connectivity index is 1.38. The van der Waals surface area contributed by atoms with Gasteiger partial charge in [-0.1, -0.05) is 12.0 Å². The van der Waals surface area contributed by atoms with Crippen LogP contribution in [0.3, 0.4) is 0 Å². The molecule has 3 atom stereocenters. The number of hydrogen-bond donors (Lipinski definition) is 3. The summed E-state index contributed by atoms with van der Waals surface area (Å²) in [6, 6.07) is 9.24. The van der Waals surface area contributed by atoms with Crippen molar-refractivity contribution >= 4 is 27.4 Å². The summed E-state index contributed by atoms with van der Waals surface area (Å²) in [5.41, 5.74) is 0.134. The van der Waals surface area contributed by atoms with Gasteiger partial charge in [0, 0.05) is 35.6 Å². The van der Waals surface area contributed by atoms with Crippen molar-refractivity contribution in [3.8, 4) is 46.9 Å². The lowest BCUT2D eigenvalue weighted by Gasteiger charge is -2.41. The van der Waals surface area contributed by atoms with E-state index in [2.05, 4.69) is 39.0 Å². The number of hydrogen-bond acceptors (Lipinski definition) is 8. The minimum absolute atomic E-state index is 0.0211. The van der Waals surface area contributed by atoms with E-state index in [4.69, 9.17) is 11.2 Å². The van der Waals surface area contributed by atoms with Gasteiger partial charge in [0.15, 0.2) is 5.82 Å². The van der Waals surface area contributed by atoms with Gasteiger partial charge in [0.2, 0.25) is 5.88 Å². The fourth-order valence-corrected chi connectivity index (χ4v) is 8.77. The van der Waals surface area contributed by atoms with Gasteiger partial charge in [0.25, 0.3) is 0 Å². The molecule has 4 saturated heterocycles. The van der Waals surface area contributed by atoms with Crippen molar-refractivity contribution in [2.75, 3.05) is 31.1 Å². The Morgan fingerprint density at radius 1 is 1.09 bits per heavy atom. The number of phenolic OH excluding ortho intramolecular Hbond substituents is 2. The normalized spacial score (nSPS) is 23.3. The molecule has 8 nitrogen and oxygen atoms in total. The van der Waals surface area contributed by atoms with Crippen molar-refractivity contribution in [1.82, 2.24) is 15.2 Å². The minimum Gasteiger partial charge on any atom is -0.508 e. The van der Waals surface area contributed by atoms with Gasteiger partial charge in [-0.15, -0.1) is 6.42 Å². The van der Waals surface area contributed by atoms with Crippen LogP contribution >= 0.6 is 0 Å². The van der Waals surface area contributed by atoms with Crippen LogP contribution in [0.15, 0.2) is 30.3 Å². The highest BCUT2D eigenvalue weighted by atomic mass is 19.1. The molecule has 4 fully saturated rings. The van der Waals surface area contributed by atoms with Crippen LogP contribution < -0.4 is 15.0 Å². The second-order valence-corrected chi connectivity index (χ2v) is 13.5. The number of benzene rings is 3. The molecule has 0 radical (unpaired) electrons. The van der Waals surface area contributed by atoms with Crippen LogP contribution in [0.1, 0.15) is 56.6 Å². The monoisotopic (exact) mass is 635 g/mol. The standard InChI is InChI=1S/C37H35F2N5O3/c1-3-24-28(38)8-6-21-14-23(45)15-25(31(21)24)26-16-30(46)32-34(33(26)39)42-36(47-19-37-10-4-12-43(37)13-5-11-37)27(17-40)35(32)44-18-22-7-9-29(41-22)20(44)2/h1,6,8,14-16,20,22,29,41,45-46H,4-5,7,9-13,18-19H2,2H3. The number of anilines is 1. The first-order valence-electron chi connectivity index (χ1n) is 16.3. The molecule has 0 amide bonds. The Morgan fingerprint density at radius 3 is 2.62 bits per heavy atom. The first-order chi connectivity index (χ1) is 22.7. The third-order valence-electron chi connectivity index (χ3n) is 11.1. The Kier molecular flexibility index (Phi) is 6.94. The van der Waals surface area contributed by atoms with Gasteiger partial charge in [0.05, 0.1) is 22.2 Å². The van der Waals surface area contributed by atoms with Gasteiger partial charge in [-0.25, -0.2) is 13.8 Å². The molecule has 5 heterocycles. The molecule has 0 saturated carbocycles. The number of aromatic hydroxyl groups is 2. The topological polar surface area (TPSA) is 105 Å². The number of nitrogens with zero attached hydrogens (tertiary/aromatic N) is 4. The summed E-state index contributed by atoms with van der Waals surface area (Å²) in [6.07, 6.45) is 11.7. The second kappa shape index (κ2) is 11.0. The molecule has 10 heteroatoms. The zero-order chi connectivity index (χ0) is 32.6. The number of rotatable bonds is 5. The van der Waals surface area contributed by atoms with Crippen molar-refractivity contribution in [1.29, 1.82) is 5.26 Å². The second-order valence-electron chi connectivity index (χ2n) is 13.5. The number of fused-ring (bicyclic) bond motifs is 5. The summed E-state index contributed by atoms with van der Waals surface area (Å²) in [5, 5.41) is 37.4. The zero-order valence-corrected chi connectivity index (χ0v) is 26.1. The van der Waals surface area contributed by atoms with Gasteiger partial charge in [-0.05, 0) is 93.8 Å². The molecule has 4 aliphatic rings. The Labute approximate surface area is 271 Å². The summed E-state index contributed by atoms with van der Waals surface area (Å²) in [6.45, 7) is 4.94. The smallest absolute Gasteiger partial charge is 0.234 e. The van der Waals surface area contributed by atoms with E-state index < -0.39 is 11.6 Å². The van der Waals surface area contributed by atoms with E-state index in [0.717, 1.165) is 51.6 Å². The fourth-order valence-electron chi connectivity index (χ4n) is 8.77. The van der Waals surface area contributed by atoms with Crippen molar-refractivity contribution in [3.05, 3.63) is 53.1 Å². The minimum atomic E-state index is -0.806. The van der Waals surface area contributed by atoms with Crippen LogP contribution in [0.4, 0.5) is 14.5 Å². The highest BCUT2D eigenvalue weighted by Crippen LogP contribution is 2.48. The number of aromatic nitrogens is 1. The third-order valence-corrected chi connectivity index (χ3v) is 11.1. The lowest BCUT2D eigenvalue weighted by atomic mass is 9.92. The fraction of sp³-hybridized carbons (Fsp3) is 0.405. The number of piperazine rings is 1. The average Bonchev–Trinajstić information content (AvgIpc) is 3.77. The molecule has 1 aromatic heterocycles. The maximum atomic E-state index is 17.1. The van der Waals surface area contributed by atoms with E-state index in [1.807, 2.05) is 0 Å². The molecular weight excluding hydrogens is 600 g/mol. The van der Waals surface area contributed by atoms with E-state index in [-0.39, 0.29) is 79.6 Å². The number of nitrogens with one attached hydrogen (secondary N) is 1. The van der Waals surface area contributed by atoms with Crippen LogP contribution in [-0.4, -0.2) is 70.0 Å². The van der Waals surface area contributed by atoms with Crippen molar-refractivity contribution < 1.29 is 23.7 Å². The molecule has 3 aromatic carbocycles. The summed E-state index contributed by atoms with van der Waals surface area (Å²) in [7, 11) is 0. The van der Waals surface area contributed by atoms with Crippen molar-refractivity contribution in [2.45, 2.75) is 69.1 Å². The predicted octanol–water partition coefficient (Wildman–Crippen LogP) is 5.93. The maximum absolute atomic E-state index is 17.1. The molecule has 47 heavy (non-hydrogen) atoms. The molecule has 3 N–H and O–H groups in total. The molecule has 2 bridgehead atoms. The van der Waals surface area contributed by atoms with Crippen molar-refractivity contribution in [3.63, 3.8) is 0 Å². The number of phenols is 2. The summed E-state index contributed by atoms with van der Waals surface area (Å²) >= 11 is 0. The van der Waals surface area contributed by atoms with Crippen LogP contribution in [0.2, 0.25) is 0 Å². The first kappa shape index (κ1) is 29.7. The quantitative estimate of drug-likeness (QED) is 0.232. The van der Waals surface area contributed by atoms with Gasteiger partial charge in [0.1, 0.15) is 41.1 Å². The Bertz CT molecular complexity index is 2040. The summed E-state index contributed by atoms with van der Waals surface area (Å²) in [5.74, 6) is 0.437. The largest absolute Gasteiger partial charge is 0.508 e. The molecule has 4 aromatic rings. The molecule has 4 aliphatic heterocycles. The molecule has 3 unspecified atom stereocenters. The van der Waals surface area contributed by atoms with Gasteiger partial charge >= 0.3 is 0 Å². The van der Waals surface area contributed by atoms with Crippen LogP contribution in [0.25, 0.3) is 32.8 Å². The zero-order valence-electron chi connectivity index (χ0n) is 26.1. The van der Waals surface area contributed by atoms with E-state index in [0.29, 0.717) is 24.2 Å². The SMILES string of the molecule is C#Cc1c(F)ccc2cc(O)cc(-c3cc(O)c4c(N5CC6CCC(N6)C5C)c(C#N)c(OCC56CCCN5CCC6)nc4c3F)c12. The van der Waals surface area contributed by atoms with E-state index in [1.54, 1.807) is 0 Å². The molecular formula is C37H35F2N5O3. The van der Waals surface area contributed by atoms with E-state index in [1.165, 1.54) is 30.3 Å². The van der Waals surface area contributed by atoms with Gasteiger partial charge in [-0.2, -0.15) is 5.26 Å². The van der Waals surface area contributed by atoms with Gasteiger partial charge < -0.3 is 25.2 Å². The van der Waals surface area contributed by atoms with E-state index >= 15 is 4.39 Å². The molecule has 240 valence electrons. The predicted molar refractivity (Wildman–Crippen MR) is 176 cm³/mol. The van der Waals surface area contributed by atoms with Gasteiger partial charge in [-0.3, -0.25) is 4.90 Å². The van der Waals surface area contributed by atoms with Crippen LogP contribution in [0.5, 0.6) is 17.4 Å². The van der Waals surface area contributed by atoms with Crippen LogP contribution in [-0.2, 0) is 0 Å². The Hall–Kier alpha value is -4.64. The molecule has 0 spiro atoms. The number of pyridine rings is 1. The highest BCUT2D eigenvalue weighted by molar-refractivity contribution is 6.07. The number of terminal acetylenes is 1. The number of nitriles is 1. The average molecular weight is 636 g/mol. The Morgan fingerprint density at radius 2 is 1.87 bits per heavy atom. The first-order valence-corrected chi connectivity index (χ1v) is 16.3. The number of halogens is 2. The van der Waals surface area contributed by atoms with Crippen LogP contribution in [0, 0.1) is 35.3 Å².